The number of rotatable bonds is 10. The number of benzene rings is 1. The van der Waals surface area contributed by atoms with E-state index >= 15 is 0 Å². The summed E-state index contributed by atoms with van der Waals surface area (Å²) < 4.78 is 38.0. The van der Waals surface area contributed by atoms with Crippen molar-refractivity contribution in [1.82, 2.24) is 14.5 Å². The summed E-state index contributed by atoms with van der Waals surface area (Å²) in [4.78, 5) is 15.3. The minimum atomic E-state index is -3.65. The highest BCUT2D eigenvalue weighted by molar-refractivity contribution is 7.89. The standard InChI is InChI=1S/C25H41N3O5S/c1-19-15-20(2)18-27(17-19)12-6-5-11-26-25(29)21-9-13-28(14-10-21)34(30,31)22-7-8-23(32-3)24(16-22)33-4/h7-8,16,19-21H,5-6,9-15,17-18H2,1-4H3,(H,26,29). The summed E-state index contributed by atoms with van der Waals surface area (Å²) in [6.45, 7) is 9.46. The molecule has 2 aliphatic heterocycles. The van der Waals surface area contributed by atoms with Crippen LogP contribution in [0.25, 0.3) is 0 Å². The number of hydrogen-bond donors (Lipinski definition) is 1. The van der Waals surface area contributed by atoms with Gasteiger partial charge in [-0.2, -0.15) is 4.31 Å². The lowest BCUT2D eigenvalue weighted by molar-refractivity contribution is -0.126. The van der Waals surface area contributed by atoms with Crippen LogP contribution in [-0.4, -0.2) is 77.0 Å². The number of nitrogens with zero attached hydrogens (tertiary/aromatic N) is 2. The van der Waals surface area contributed by atoms with E-state index in [4.69, 9.17) is 9.47 Å². The average Bonchev–Trinajstić information content (AvgIpc) is 2.82. The van der Waals surface area contributed by atoms with Crippen molar-refractivity contribution >= 4 is 15.9 Å². The minimum Gasteiger partial charge on any atom is -0.493 e. The van der Waals surface area contributed by atoms with E-state index < -0.39 is 10.0 Å². The second-order valence-corrected chi connectivity index (χ2v) is 11.8. The molecule has 1 aromatic rings. The first-order chi connectivity index (χ1) is 16.2. The molecule has 34 heavy (non-hydrogen) atoms. The van der Waals surface area contributed by atoms with Crippen LogP contribution in [0.4, 0.5) is 0 Å². The topological polar surface area (TPSA) is 88.2 Å². The molecule has 1 aromatic carbocycles. The van der Waals surface area contributed by atoms with Crippen molar-refractivity contribution in [2.45, 2.75) is 50.8 Å². The van der Waals surface area contributed by atoms with Crippen LogP contribution < -0.4 is 14.8 Å². The fraction of sp³-hybridized carbons (Fsp3) is 0.720. The Hall–Kier alpha value is -1.84. The molecular formula is C25H41N3O5S. The van der Waals surface area contributed by atoms with Gasteiger partial charge in [-0.25, -0.2) is 8.42 Å². The first-order valence-electron chi connectivity index (χ1n) is 12.5. The molecule has 0 radical (unpaired) electrons. The van der Waals surface area contributed by atoms with Crippen LogP contribution in [0.3, 0.4) is 0 Å². The molecule has 0 bridgehead atoms. The Morgan fingerprint density at radius 2 is 1.68 bits per heavy atom. The number of carbonyl (C=O) groups is 1. The number of amides is 1. The molecule has 3 rings (SSSR count). The molecule has 2 aliphatic rings. The number of carbonyl (C=O) groups excluding carboxylic acids is 1. The van der Waals surface area contributed by atoms with Crippen LogP contribution in [0.5, 0.6) is 11.5 Å². The maximum atomic E-state index is 13.1. The van der Waals surface area contributed by atoms with Crippen LogP contribution in [0.2, 0.25) is 0 Å². The van der Waals surface area contributed by atoms with E-state index in [9.17, 15) is 13.2 Å². The third-order valence-electron chi connectivity index (χ3n) is 6.96. The van der Waals surface area contributed by atoms with Crippen LogP contribution >= 0.6 is 0 Å². The zero-order valence-corrected chi connectivity index (χ0v) is 21.9. The van der Waals surface area contributed by atoms with Crippen molar-refractivity contribution < 1.29 is 22.7 Å². The molecule has 9 heteroatoms. The van der Waals surface area contributed by atoms with E-state index in [-0.39, 0.29) is 16.7 Å². The quantitative estimate of drug-likeness (QED) is 0.502. The number of likely N-dealkylation sites (tertiary alicyclic amines) is 1. The van der Waals surface area contributed by atoms with Gasteiger partial charge in [-0.3, -0.25) is 4.79 Å². The molecule has 192 valence electrons. The summed E-state index contributed by atoms with van der Waals surface area (Å²) in [5, 5.41) is 3.06. The van der Waals surface area contributed by atoms with E-state index in [1.54, 1.807) is 6.07 Å². The first kappa shape index (κ1) is 26.8. The lowest BCUT2D eigenvalue weighted by atomic mass is 9.92. The SMILES string of the molecule is COc1ccc(S(=O)(=O)N2CCC(C(=O)NCCCCN3CC(C)CC(C)C3)CC2)cc1OC. The predicted octanol–water partition coefficient (Wildman–Crippen LogP) is 2.98. The van der Waals surface area contributed by atoms with Gasteiger partial charge in [0.2, 0.25) is 15.9 Å². The molecule has 2 atom stereocenters. The van der Waals surface area contributed by atoms with Gasteiger partial charge in [0.25, 0.3) is 0 Å². The van der Waals surface area contributed by atoms with Crippen LogP contribution in [0.1, 0.15) is 46.0 Å². The molecule has 0 aromatic heterocycles. The van der Waals surface area contributed by atoms with Gasteiger partial charge in [-0.1, -0.05) is 13.8 Å². The molecule has 8 nitrogen and oxygen atoms in total. The van der Waals surface area contributed by atoms with Crippen molar-refractivity contribution in [2.24, 2.45) is 17.8 Å². The molecule has 0 aliphatic carbocycles. The summed E-state index contributed by atoms with van der Waals surface area (Å²) in [6.07, 6.45) is 4.43. The number of unbranched alkanes of at least 4 members (excludes halogenated alkanes) is 1. The Bertz CT molecular complexity index is 905. The average molecular weight is 496 g/mol. The maximum Gasteiger partial charge on any atom is 0.243 e. The third-order valence-corrected chi connectivity index (χ3v) is 8.86. The number of piperidine rings is 2. The molecule has 2 heterocycles. The fourth-order valence-corrected chi connectivity index (χ4v) is 6.76. The summed E-state index contributed by atoms with van der Waals surface area (Å²) >= 11 is 0. The summed E-state index contributed by atoms with van der Waals surface area (Å²) in [5.74, 6) is 2.30. The highest BCUT2D eigenvalue weighted by atomic mass is 32.2. The van der Waals surface area contributed by atoms with Gasteiger partial charge in [0, 0.05) is 44.7 Å². The molecule has 2 unspecified atom stereocenters. The van der Waals surface area contributed by atoms with Crippen molar-refractivity contribution in [3.05, 3.63) is 18.2 Å². The van der Waals surface area contributed by atoms with Gasteiger partial charge in [-0.05, 0) is 62.6 Å². The molecule has 0 spiro atoms. The van der Waals surface area contributed by atoms with Gasteiger partial charge in [0.05, 0.1) is 19.1 Å². The molecule has 2 saturated heterocycles. The number of ether oxygens (including phenoxy) is 2. The van der Waals surface area contributed by atoms with Crippen molar-refractivity contribution in [1.29, 1.82) is 0 Å². The third kappa shape index (κ3) is 6.86. The summed E-state index contributed by atoms with van der Waals surface area (Å²) in [7, 11) is -0.660. The highest BCUT2D eigenvalue weighted by Gasteiger charge is 2.32. The second kappa shape index (κ2) is 12.2. The van der Waals surface area contributed by atoms with E-state index in [2.05, 4.69) is 24.1 Å². The van der Waals surface area contributed by atoms with Gasteiger partial charge in [-0.15, -0.1) is 0 Å². The Labute approximate surface area is 205 Å². The van der Waals surface area contributed by atoms with Gasteiger partial charge in [0.1, 0.15) is 0 Å². The number of nitrogens with one attached hydrogen (secondary N) is 1. The normalized spacial score (nSPS) is 22.9. The monoisotopic (exact) mass is 495 g/mol. The smallest absolute Gasteiger partial charge is 0.243 e. The minimum absolute atomic E-state index is 0.0448. The molecule has 1 N–H and O–H groups in total. The van der Waals surface area contributed by atoms with Crippen LogP contribution in [0.15, 0.2) is 23.1 Å². The highest BCUT2D eigenvalue weighted by Crippen LogP contribution is 2.32. The number of hydrogen-bond acceptors (Lipinski definition) is 6. The fourth-order valence-electron chi connectivity index (χ4n) is 5.28. The zero-order valence-electron chi connectivity index (χ0n) is 21.1. The second-order valence-electron chi connectivity index (χ2n) is 9.90. The van der Waals surface area contributed by atoms with Crippen LogP contribution in [-0.2, 0) is 14.8 Å². The first-order valence-corrected chi connectivity index (χ1v) is 13.9. The molecule has 2 fully saturated rings. The van der Waals surface area contributed by atoms with Gasteiger partial charge >= 0.3 is 0 Å². The zero-order chi connectivity index (χ0) is 24.7. The number of methoxy groups -OCH3 is 2. The van der Waals surface area contributed by atoms with Gasteiger partial charge in [0.15, 0.2) is 11.5 Å². The Balaban J connectivity index is 1.40. The Kier molecular flexibility index (Phi) is 9.62. The van der Waals surface area contributed by atoms with E-state index in [0.29, 0.717) is 44.0 Å². The summed E-state index contributed by atoms with van der Waals surface area (Å²) in [5.41, 5.74) is 0. The van der Waals surface area contributed by atoms with Crippen LogP contribution in [0, 0.1) is 17.8 Å². The van der Waals surface area contributed by atoms with E-state index in [1.165, 1.54) is 50.2 Å². The predicted molar refractivity (Wildman–Crippen MR) is 133 cm³/mol. The Morgan fingerprint density at radius 1 is 1.03 bits per heavy atom. The van der Waals surface area contributed by atoms with Gasteiger partial charge < -0.3 is 19.7 Å². The van der Waals surface area contributed by atoms with Crippen molar-refractivity contribution in [3.8, 4) is 11.5 Å². The maximum absolute atomic E-state index is 13.1. The van der Waals surface area contributed by atoms with E-state index in [0.717, 1.165) is 31.2 Å². The Morgan fingerprint density at radius 3 is 2.29 bits per heavy atom. The molecule has 0 saturated carbocycles. The molecule has 1 amide bonds. The van der Waals surface area contributed by atoms with E-state index in [1.807, 2.05) is 0 Å². The number of sulfonamides is 1. The van der Waals surface area contributed by atoms with Crippen molar-refractivity contribution in [3.63, 3.8) is 0 Å². The molecular weight excluding hydrogens is 454 g/mol. The largest absolute Gasteiger partial charge is 0.493 e. The van der Waals surface area contributed by atoms with Crippen molar-refractivity contribution in [2.75, 3.05) is 53.5 Å². The lowest BCUT2D eigenvalue weighted by Gasteiger charge is -2.35. The lowest BCUT2D eigenvalue weighted by Crippen LogP contribution is -2.43. The summed E-state index contributed by atoms with van der Waals surface area (Å²) in [6, 6.07) is 4.61.